The van der Waals surface area contributed by atoms with E-state index < -0.39 is 44.3 Å². The Balaban J connectivity index is 2.07. The average Bonchev–Trinajstić information content (AvgIpc) is 2.70. The lowest BCUT2D eigenvalue weighted by Gasteiger charge is -2.30. The molecule has 0 radical (unpaired) electrons. The number of ether oxygens (including phenoxy) is 1. The number of hydrogen-bond acceptors (Lipinski definition) is 4. The first kappa shape index (κ1) is 27.9. The van der Waals surface area contributed by atoms with Gasteiger partial charge in [0.15, 0.2) is 24.8 Å². The summed E-state index contributed by atoms with van der Waals surface area (Å²) in [4.78, 5) is 2.57. The van der Waals surface area contributed by atoms with Crippen LogP contribution >= 0.6 is 0 Å². The fourth-order valence-corrected chi connectivity index (χ4v) is 6.64. The molecule has 3 aromatic rings. The third-order valence-electron chi connectivity index (χ3n) is 5.11. The number of hydrogen-bond donors (Lipinski definition) is 0. The zero-order valence-corrected chi connectivity index (χ0v) is 21.3. The van der Waals surface area contributed by atoms with E-state index in [1.54, 1.807) is 0 Å². The van der Waals surface area contributed by atoms with Crippen molar-refractivity contribution >= 4 is 21.0 Å². The maximum absolute atomic E-state index is 13.8. The van der Waals surface area contributed by atoms with Crippen LogP contribution in [-0.4, -0.2) is 30.5 Å². The van der Waals surface area contributed by atoms with Gasteiger partial charge in [0.25, 0.3) is 6.10 Å². The molecule has 3 aromatic carbocycles. The second-order valence-corrected chi connectivity index (χ2v) is 12.0. The first-order valence-electron chi connectivity index (χ1n) is 10.6. The molecule has 0 saturated carbocycles. The second-order valence-electron chi connectivity index (χ2n) is 8.48. The van der Waals surface area contributed by atoms with Gasteiger partial charge in [0.05, 0.1) is 10.9 Å². The monoisotopic (exact) mass is 546 g/mol. The van der Waals surface area contributed by atoms with Crippen molar-refractivity contribution in [1.29, 1.82) is 0 Å². The molecule has 1 unspecified atom stereocenters. The van der Waals surface area contributed by atoms with Gasteiger partial charge >= 0.3 is 11.4 Å². The van der Waals surface area contributed by atoms with Gasteiger partial charge in [-0.15, -0.1) is 0 Å². The van der Waals surface area contributed by atoms with Crippen LogP contribution in [0.1, 0.15) is 22.3 Å². The number of rotatable bonds is 7. The summed E-state index contributed by atoms with van der Waals surface area (Å²) in [6.45, 7) is 7.77. The molecule has 4 nitrogen and oxygen atoms in total. The molecule has 0 bridgehead atoms. The minimum Gasteiger partial charge on any atom is -0.743 e. The molecule has 194 valence electrons. The zero-order valence-electron chi connectivity index (χ0n) is 19.7. The molecule has 0 fully saturated rings. The lowest BCUT2D eigenvalue weighted by molar-refractivity contribution is -0.239. The summed E-state index contributed by atoms with van der Waals surface area (Å²) < 4.78 is 104. The van der Waals surface area contributed by atoms with Gasteiger partial charge in [-0.1, -0.05) is 12.1 Å². The van der Waals surface area contributed by atoms with E-state index in [-0.39, 0.29) is 0 Å². The summed E-state index contributed by atoms with van der Waals surface area (Å²) in [5.41, 5.74) is 4.06. The van der Waals surface area contributed by atoms with Crippen LogP contribution in [0.25, 0.3) is 0 Å². The molecule has 0 aliphatic rings. The van der Waals surface area contributed by atoms with E-state index in [0.29, 0.717) is 4.90 Å². The van der Waals surface area contributed by atoms with Gasteiger partial charge in [0, 0.05) is 0 Å². The Hall–Kier alpha value is -2.63. The second kappa shape index (κ2) is 10.0. The molecule has 0 aromatic heterocycles. The summed E-state index contributed by atoms with van der Waals surface area (Å²) in [5.74, 6) is -0.659. The van der Waals surface area contributed by atoms with Crippen LogP contribution in [0.2, 0.25) is 0 Å². The molecule has 11 heteroatoms. The highest BCUT2D eigenvalue weighted by Gasteiger charge is 2.62. The van der Waals surface area contributed by atoms with Crippen LogP contribution in [0.15, 0.2) is 75.4 Å². The van der Waals surface area contributed by atoms with E-state index in [9.17, 15) is 34.9 Å². The zero-order chi connectivity index (χ0) is 27.1. The molecule has 0 spiro atoms. The first-order chi connectivity index (χ1) is 16.5. The average molecular weight is 547 g/mol. The van der Waals surface area contributed by atoms with Crippen LogP contribution < -0.4 is 4.74 Å². The minimum atomic E-state index is -6.64. The van der Waals surface area contributed by atoms with Crippen LogP contribution in [-0.2, 0) is 21.0 Å². The van der Waals surface area contributed by atoms with Crippen molar-refractivity contribution in [3.63, 3.8) is 0 Å². The highest BCUT2D eigenvalue weighted by Crippen LogP contribution is 2.39. The molecule has 0 N–H and O–H groups in total. The predicted octanol–water partition coefficient (Wildman–Crippen LogP) is 6.46. The molecule has 0 heterocycles. The Morgan fingerprint density at radius 3 is 1.44 bits per heavy atom. The van der Waals surface area contributed by atoms with Gasteiger partial charge in [-0.05, 0) is 98.5 Å². The molecule has 0 aliphatic carbocycles. The summed E-state index contributed by atoms with van der Waals surface area (Å²) >= 11 is 0. The third-order valence-corrected chi connectivity index (χ3v) is 8.15. The molecule has 36 heavy (non-hydrogen) atoms. The van der Waals surface area contributed by atoms with E-state index in [4.69, 9.17) is 0 Å². The van der Waals surface area contributed by atoms with Crippen LogP contribution in [0.4, 0.5) is 22.0 Å². The van der Waals surface area contributed by atoms with Gasteiger partial charge in [0.2, 0.25) is 0 Å². The molecular weight excluding hydrogens is 523 g/mol. The van der Waals surface area contributed by atoms with E-state index in [2.05, 4.69) is 4.74 Å². The van der Waals surface area contributed by atoms with Crippen molar-refractivity contribution in [2.75, 3.05) is 0 Å². The Kier molecular flexibility index (Phi) is 7.78. The van der Waals surface area contributed by atoms with Gasteiger partial charge in [-0.3, -0.25) is 0 Å². The summed E-state index contributed by atoms with van der Waals surface area (Å²) in [6, 6.07) is 17.0. The number of halogens is 5. The standard InChI is InChI=1S/C25H23F5O4S2/c1-15-9-16(2)12-21(11-15)35(22-13-17(3)10-18(4)14-22)20-7-5-19(6-8-20)34-23(24(26,27)28)25(29,30)36(31,32)33/h5-14,23H,1-4H3. The normalized spacial score (nSPS) is 13.6. The van der Waals surface area contributed by atoms with Crippen molar-refractivity contribution in [1.82, 2.24) is 0 Å². The quantitative estimate of drug-likeness (QED) is 0.194. The lowest BCUT2D eigenvalue weighted by Crippen LogP contribution is -2.53. The van der Waals surface area contributed by atoms with Gasteiger partial charge in [-0.25, -0.2) is 8.42 Å². The third kappa shape index (κ3) is 6.19. The summed E-state index contributed by atoms with van der Waals surface area (Å²) in [7, 11) is -7.34. The molecule has 0 saturated heterocycles. The number of aryl methyl sites for hydroxylation is 4. The van der Waals surface area contributed by atoms with E-state index in [0.717, 1.165) is 44.2 Å². The summed E-state index contributed by atoms with van der Waals surface area (Å²) in [6.07, 6.45) is -9.97. The molecule has 0 amide bonds. The Labute approximate surface area is 209 Å². The molecule has 3 rings (SSSR count). The largest absolute Gasteiger partial charge is 0.743 e. The summed E-state index contributed by atoms with van der Waals surface area (Å²) in [5, 5.41) is -5.72. The van der Waals surface area contributed by atoms with Crippen LogP contribution in [0, 0.1) is 27.7 Å². The lowest BCUT2D eigenvalue weighted by atomic mass is 10.2. The van der Waals surface area contributed by atoms with Crippen molar-refractivity contribution in [2.45, 2.75) is 59.9 Å². The minimum absolute atomic E-state index is 0.659. The predicted molar refractivity (Wildman–Crippen MR) is 126 cm³/mol. The van der Waals surface area contributed by atoms with Crippen LogP contribution in [0.3, 0.4) is 0 Å². The van der Waals surface area contributed by atoms with Gasteiger partial charge in [-0.2, -0.15) is 22.0 Å². The van der Waals surface area contributed by atoms with Gasteiger partial charge in [0.1, 0.15) is 5.75 Å². The first-order valence-corrected chi connectivity index (χ1v) is 13.2. The highest BCUT2D eigenvalue weighted by atomic mass is 32.2. The van der Waals surface area contributed by atoms with Gasteiger partial charge < -0.3 is 9.29 Å². The van der Waals surface area contributed by atoms with Crippen LogP contribution in [0.5, 0.6) is 5.75 Å². The van der Waals surface area contributed by atoms with E-state index >= 15 is 0 Å². The fourth-order valence-electron chi connectivity index (χ4n) is 3.76. The van der Waals surface area contributed by atoms with E-state index in [1.807, 2.05) is 64.1 Å². The topological polar surface area (TPSA) is 66.4 Å². The van der Waals surface area contributed by atoms with Crippen molar-refractivity contribution < 1.29 is 39.7 Å². The highest BCUT2D eigenvalue weighted by molar-refractivity contribution is 7.97. The van der Waals surface area contributed by atoms with Crippen molar-refractivity contribution in [3.8, 4) is 5.75 Å². The van der Waals surface area contributed by atoms with Crippen molar-refractivity contribution in [2.24, 2.45) is 0 Å². The Morgan fingerprint density at radius 1 is 0.722 bits per heavy atom. The maximum Gasteiger partial charge on any atom is 0.432 e. The number of alkyl halides is 5. The molecule has 1 atom stereocenters. The SMILES string of the molecule is Cc1cc(C)cc([S+](c2ccc(OC(C(F)(F)F)C(F)(F)S(=O)(=O)[O-])cc2)c2cc(C)cc(C)c2)c1. The maximum atomic E-state index is 13.8. The smallest absolute Gasteiger partial charge is 0.432 e. The fraction of sp³-hybridized carbons (Fsp3) is 0.280. The Morgan fingerprint density at radius 2 is 1.11 bits per heavy atom. The molecule has 0 aliphatic heterocycles. The van der Waals surface area contributed by atoms with E-state index in [1.165, 1.54) is 12.1 Å². The van der Waals surface area contributed by atoms with Crippen molar-refractivity contribution in [3.05, 3.63) is 82.9 Å². The number of benzene rings is 3. The Bertz CT molecular complexity index is 1260. The molecular formula is C25H23F5O4S2.